The number of hydrogen-bond acceptors (Lipinski definition) is 4. The van der Waals surface area contributed by atoms with Gasteiger partial charge in [-0.2, -0.15) is 0 Å². The second-order valence-electron chi connectivity index (χ2n) is 10.2. The topological polar surface area (TPSA) is 75.6 Å². The van der Waals surface area contributed by atoms with E-state index in [0.717, 1.165) is 19.3 Å². The van der Waals surface area contributed by atoms with Crippen LogP contribution in [-0.2, 0) is 14.3 Å². The number of ketones is 1. The number of hydrogen-bond donors (Lipinski definition) is 2. The van der Waals surface area contributed by atoms with Gasteiger partial charge in [-0.15, -0.1) is 0 Å². The Labute approximate surface area is 181 Å². The Balaban J connectivity index is 2.18. The molecule has 30 heavy (non-hydrogen) atoms. The number of amides is 1. The SMILES string of the molecule is CO[C@@H]1CC(=O)[C@]23C(=O)N[C@H](CC(C)C)[C@@H]2[C@H](C)C(C)=C[C@@H]3/C=C(\C)CCC[C@H]1O. The van der Waals surface area contributed by atoms with Gasteiger partial charge in [-0.1, -0.05) is 44.1 Å². The summed E-state index contributed by atoms with van der Waals surface area (Å²) in [5, 5.41) is 13.9. The van der Waals surface area contributed by atoms with Crippen molar-refractivity contribution in [3.05, 3.63) is 23.3 Å². The lowest BCUT2D eigenvalue weighted by Gasteiger charge is -2.45. The van der Waals surface area contributed by atoms with E-state index in [-0.39, 0.29) is 41.9 Å². The molecule has 1 fully saturated rings. The van der Waals surface area contributed by atoms with Crippen molar-refractivity contribution in [3.63, 3.8) is 0 Å². The first-order chi connectivity index (χ1) is 14.1. The monoisotopic (exact) mass is 417 g/mol. The van der Waals surface area contributed by atoms with Crippen molar-refractivity contribution in [1.29, 1.82) is 0 Å². The molecule has 1 heterocycles. The highest BCUT2D eigenvalue weighted by molar-refractivity contribution is 6.09. The van der Waals surface area contributed by atoms with Gasteiger partial charge in [0.15, 0.2) is 5.78 Å². The molecule has 7 atom stereocenters. The van der Waals surface area contributed by atoms with Gasteiger partial charge in [0.25, 0.3) is 0 Å². The second-order valence-corrected chi connectivity index (χ2v) is 10.2. The molecule has 0 saturated carbocycles. The molecule has 0 bridgehead atoms. The van der Waals surface area contributed by atoms with Crippen LogP contribution in [-0.4, -0.2) is 42.2 Å². The van der Waals surface area contributed by atoms with Crippen LogP contribution in [0.4, 0.5) is 0 Å². The standard InChI is InChI=1S/C25H39NO4/c1-14(2)10-19-23-17(5)16(4)12-18-11-15(3)8-7-9-20(27)21(30-6)13-22(28)25(18,23)24(29)26-19/h11-12,14,17-21,23,27H,7-10,13H2,1-6H3,(H,26,29)/b15-11+/t17-,18+,19-,20-,21-,23+,25+/m1/s1. The maximum atomic E-state index is 14.0. The third kappa shape index (κ3) is 3.91. The Morgan fingerprint density at radius 1 is 1.27 bits per heavy atom. The van der Waals surface area contributed by atoms with Crippen molar-refractivity contribution < 1.29 is 19.4 Å². The molecule has 1 spiro atoms. The molecule has 1 amide bonds. The summed E-state index contributed by atoms with van der Waals surface area (Å²) in [6, 6.07) is -0.0210. The molecular formula is C25H39NO4. The van der Waals surface area contributed by atoms with E-state index in [1.807, 2.05) is 0 Å². The quantitative estimate of drug-likeness (QED) is 0.541. The molecule has 5 heteroatoms. The fourth-order valence-corrected chi connectivity index (χ4v) is 6.10. The van der Waals surface area contributed by atoms with E-state index in [9.17, 15) is 14.7 Å². The molecule has 1 saturated heterocycles. The molecule has 5 nitrogen and oxygen atoms in total. The molecule has 2 aliphatic carbocycles. The van der Waals surface area contributed by atoms with E-state index in [1.165, 1.54) is 11.1 Å². The molecule has 2 N–H and O–H groups in total. The van der Waals surface area contributed by atoms with Gasteiger partial charge in [-0.3, -0.25) is 9.59 Å². The van der Waals surface area contributed by atoms with Crippen LogP contribution in [0.5, 0.6) is 0 Å². The van der Waals surface area contributed by atoms with Crippen molar-refractivity contribution in [2.45, 2.75) is 85.0 Å². The van der Waals surface area contributed by atoms with Crippen LogP contribution in [0.15, 0.2) is 23.3 Å². The predicted molar refractivity (Wildman–Crippen MR) is 118 cm³/mol. The first kappa shape index (κ1) is 23.2. The smallest absolute Gasteiger partial charge is 0.235 e. The van der Waals surface area contributed by atoms with E-state index in [4.69, 9.17) is 4.74 Å². The molecule has 1 aliphatic heterocycles. The first-order valence-corrected chi connectivity index (χ1v) is 11.5. The Morgan fingerprint density at radius 2 is 1.97 bits per heavy atom. The van der Waals surface area contributed by atoms with Gasteiger partial charge in [0.2, 0.25) is 5.91 Å². The van der Waals surface area contributed by atoms with Crippen molar-refractivity contribution in [1.82, 2.24) is 5.32 Å². The average Bonchev–Trinajstić information content (AvgIpc) is 2.94. The Hall–Kier alpha value is -1.46. The van der Waals surface area contributed by atoms with Gasteiger partial charge in [0.1, 0.15) is 5.41 Å². The van der Waals surface area contributed by atoms with Crippen LogP contribution < -0.4 is 5.32 Å². The lowest BCUT2D eigenvalue weighted by atomic mass is 9.54. The normalized spacial score (nSPS) is 41.9. The molecule has 0 unspecified atom stereocenters. The molecular weight excluding hydrogens is 378 g/mol. The highest BCUT2D eigenvalue weighted by atomic mass is 16.5. The minimum Gasteiger partial charge on any atom is -0.390 e. The van der Waals surface area contributed by atoms with Crippen LogP contribution in [0, 0.1) is 29.1 Å². The highest BCUT2D eigenvalue weighted by Gasteiger charge is 2.65. The minimum atomic E-state index is -1.12. The minimum absolute atomic E-state index is 0.0210. The summed E-state index contributed by atoms with van der Waals surface area (Å²) < 4.78 is 5.54. The zero-order valence-electron chi connectivity index (χ0n) is 19.4. The average molecular weight is 418 g/mol. The van der Waals surface area contributed by atoms with Crippen LogP contribution in [0.25, 0.3) is 0 Å². The summed E-state index contributed by atoms with van der Waals surface area (Å²) in [6.07, 6.45) is 6.21. The predicted octanol–water partition coefficient (Wildman–Crippen LogP) is 3.81. The molecule has 3 aliphatic rings. The molecule has 0 aromatic carbocycles. The molecule has 0 aromatic heterocycles. The van der Waals surface area contributed by atoms with E-state index >= 15 is 0 Å². The summed E-state index contributed by atoms with van der Waals surface area (Å²) in [5.74, 6) is -0.0146. The number of allylic oxidation sites excluding steroid dienone is 4. The van der Waals surface area contributed by atoms with E-state index in [2.05, 4.69) is 52.1 Å². The lowest BCUT2D eigenvalue weighted by molar-refractivity contribution is -0.148. The van der Waals surface area contributed by atoms with Gasteiger partial charge in [0, 0.05) is 31.4 Å². The Morgan fingerprint density at radius 3 is 2.60 bits per heavy atom. The number of carbonyl (C=O) groups is 2. The van der Waals surface area contributed by atoms with Crippen LogP contribution in [0.2, 0.25) is 0 Å². The van der Waals surface area contributed by atoms with Crippen molar-refractivity contribution >= 4 is 11.7 Å². The maximum Gasteiger partial charge on any atom is 0.235 e. The number of methoxy groups -OCH3 is 1. The van der Waals surface area contributed by atoms with Crippen molar-refractivity contribution in [3.8, 4) is 0 Å². The molecule has 3 rings (SSSR count). The molecule has 0 aromatic rings. The number of ether oxygens (including phenoxy) is 1. The van der Waals surface area contributed by atoms with Gasteiger partial charge in [0.05, 0.1) is 12.2 Å². The fourth-order valence-electron chi connectivity index (χ4n) is 6.10. The van der Waals surface area contributed by atoms with Crippen molar-refractivity contribution in [2.75, 3.05) is 7.11 Å². The summed E-state index contributed by atoms with van der Waals surface area (Å²) in [6.45, 7) is 10.7. The third-order valence-electron chi connectivity index (χ3n) is 7.72. The number of aliphatic hydroxyl groups excluding tert-OH is 1. The zero-order chi connectivity index (χ0) is 22.2. The van der Waals surface area contributed by atoms with Gasteiger partial charge in [-0.25, -0.2) is 0 Å². The van der Waals surface area contributed by atoms with E-state index in [0.29, 0.717) is 12.3 Å². The van der Waals surface area contributed by atoms with Gasteiger partial charge >= 0.3 is 0 Å². The van der Waals surface area contributed by atoms with Gasteiger partial charge in [-0.05, 0) is 51.4 Å². The summed E-state index contributed by atoms with van der Waals surface area (Å²) in [5.41, 5.74) is 1.30. The zero-order valence-corrected chi connectivity index (χ0v) is 19.4. The van der Waals surface area contributed by atoms with Crippen LogP contribution in [0.3, 0.4) is 0 Å². The lowest BCUT2D eigenvalue weighted by Crippen LogP contribution is -2.53. The first-order valence-electron chi connectivity index (χ1n) is 11.5. The second kappa shape index (κ2) is 8.96. The summed E-state index contributed by atoms with van der Waals surface area (Å²) in [7, 11) is 1.54. The summed E-state index contributed by atoms with van der Waals surface area (Å²) in [4.78, 5) is 27.6. The number of carbonyl (C=O) groups excluding carboxylic acids is 2. The number of Topliss-reactive ketones (excluding diaryl/α,β-unsaturated/α-hetero) is 1. The maximum absolute atomic E-state index is 14.0. The number of aliphatic hydroxyl groups is 1. The largest absolute Gasteiger partial charge is 0.390 e. The van der Waals surface area contributed by atoms with Crippen molar-refractivity contribution in [2.24, 2.45) is 29.1 Å². The summed E-state index contributed by atoms with van der Waals surface area (Å²) >= 11 is 0. The third-order valence-corrected chi connectivity index (χ3v) is 7.72. The fraction of sp³-hybridized carbons (Fsp3) is 0.760. The van der Waals surface area contributed by atoms with Crippen LogP contribution >= 0.6 is 0 Å². The van der Waals surface area contributed by atoms with E-state index in [1.54, 1.807) is 7.11 Å². The van der Waals surface area contributed by atoms with Crippen LogP contribution in [0.1, 0.15) is 66.7 Å². The Bertz CT molecular complexity index is 739. The highest BCUT2D eigenvalue weighted by Crippen LogP contribution is 2.55. The van der Waals surface area contributed by atoms with E-state index < -0.39 is 17.6 Å². The molecule has 168 valence electrons. The van der Waals surface area contributed by atoms with Gasteiger partial charge < -0.3 is 15.2 Å². The molecule has 0 radical (unpaired) electrons. The number of rotatable bonds is 3. The Kier molecular flexibility index (Phi) is 6.93. The number of nitrogens with one attached hydrogen (secondary N) is 1.